The minimum absolute atomic E-state index is 0.111. The van der Waals surface area contributed by atoms with E-state index in [1.807, 2.05) is 54.3 Å². The lowest BCUT2D eigenvalue weighted by atomic mass is 10.1. The summed E-state index contributed by atoms with van der Waals surface area (Å²) in [6.45, 7) is 5.14. The van der Waals surface area contributed by atoms with Crippen LogP contribution in [0.25, 0.3) is 0 Å². The highest BCUT2D eigenvalue weighted by Gasteiger charge is 2.27. The van der Waals surface area contributed by atoms with E-state index in [4.69, 9.17) is 16.3 Å². The predicted molar refractivity (Wildman–Crippen MR) is 109 cm³/mol. The van der Waals surface area contributed by atoms with Crippen molar-refractivity contribution < 1.29 is 9.53 Å². The van der Waals surface area contributed by atoms with Gasteiger partial charge in [0.25, 0.3) is 0 Å². The van der Waals surface area contributed by atoms with E-state index >= 15 is 0 Å². The molecule has 0 saturated carbocycles. The van der Waals surface area contributed by atoms with Gasteiger partial charge in [0.15, 0.2) is 0 Å². The Kier molecular flexibility index (Phi) is 6.91. The largest absolute Gasteiger partial charge is 0.494 e. The first kappa shape index (κ1) is 20.2. The number of benzene rings is 2. The molecule has 2 aromatic carbocycles. The summed E-state index contributed by atoms with van der Waals surface area (Å²) < 4.78 is 5.44. The van der Waals surface area contributed by atoms with Gasteiger partial charge in [0.05, 0.1) is 19.1 Å². The zero-order chi connectivity index (χ0) is 19.9. The van der Waals surface area contributed by atoms with E-state index in [9.17, 15) is 10.1 Å². The summed E-state index contributed by atoms with van der Waals surface area (Å²) in [6.07, 6.45) is 0.377. The summed E-state index contributed by atoms with van der Waals surface area (Å²) in [7, 11) is 0. The smallest absolute Gasteiger partial charge is 0.227 e. The van der Waals surface area contributed by atoms with E-state index in [-0.39, 0.29) is 11.9 Å². The second kappa shape index (κ2) is 9.59. The summed E-state index contributed by atoms with van der Waals surface area (Å²) in [4.78, 5) is 16.6. The molecule has 28 heavy (non-hydrogen) atoms. The number of nitriles is 1. The van der Waals surface area contributed by atoms with E-state index in [0.29, 0.717) is 44.2 Å². The number of hydrogen-bond donors (Lipinski definition) is 0. The molecule has 0 radical (unpaired) electrons. The minimum Gasteiger partial charge on any atom is -0.494 e. The van der Waals surface area contributed by atoms with E-state index in [1.54, 1.807) is 6.07 Å². The van der Waals surface area contributed by atoms with E-state index < -0.39 is 0 Å². The molecule has 6 heteroatoms. The second-order valence-corrected chi connectivity index (χ2v) is 7.19. The molecular formula is C22H24ClN3O2. The van der Waals surface area contributed by atoms with Crippen LogP contribution in [0.3, 0.4) is 0 Å². The van der Waals surface area contributed by atoms with Gasteiger partial charge in [-0.25, -0.2) is 0 Å². The monoisotopic (exact) mass is 397 g/mol. The molecule has 3 rings (SSSR count). The van der Waals surface area contributed by atoms with E-state index in [0.717, 1.165) is 16.9 Å². The van der Waals surface area contributed by atoms with Crippen molar-refractivity contribution in [1.29, 1.82) is 5.26 Å². The van der Waals surface area contributed by atoms with Gasteiger partial charge in [0.1, 0.15) is 11.8 Å². The molecule has 0 bridgehead atoms. The number of hydrogen-bond acceptors (Lipinski definition) is 4. The molecule has 1 saturated heterocycles. The lowest BCUT2D eigenvalue weighted by molar-refractivity contribution is -0.132. The Morgan fingerprint density at radius 1 is 1.18 bits per heavy atom. The minimum atomic E-state index is -0.345. The fraction of sp³-hybridized carbons (Fsp3) is 0.364. The van der Waals surface area contributed by atoms with Crippen LogP contribution in [-0.4, -0.2) is 48.5 Å². The number of ether oxygens (including phenoxy) is 1. The zero-order valence-electron chi connectivity index (χ0n) is 16.0. The van der Waals surface area contributed by atoms with Crippen LogP contribution < -0.4 is 4.74 Å². The third-order valence-electron chi connectivity index (χ3n) is 4.91. The molecule has 2 aromatic rings. The fourth-order valence-electron chi connectivity index (χ4n) is 3.43. The summed E-state index contributed by atoms with van der Waals surface area (Å²) in [5, 5.41) is 10.3. The maximum absolute atomic E-state index is 12.6. The third kappa shape index (κ3) is 5.03. The van der Waals surface area contributed by atoms with Gasteiger partial charge in [0, 0.05) is 31.2 Å². The van der Waals surface area contributed by atoms with Crippen LogP contribution in [0, 0.1) is 11.3 Å². The average molecular weight is 398 g/mol. The summed E-state index contributed by atoms with van der Waals surface area (Å²) >= 11 is 6.07. The van der Waals surface area contributed by atoms with Crippen molar-refractivity contribution in [1.82, 2.24) is 9.80 Å². The van der Waals surface area contributed by atoms with Crippen molar-refractivity contribution in [2.24, 2.45) is 0 Å². The molecule has 1 amide bonds. The molecule has 146 valence electrons. The number of halogens is 1. The Morgan fingerprint density at radius 3 is 2.50 bits per heavy atom. The normalized spacial score (nSPS) is 15.7. The Balaban J connectivity index is 1.55. The first-order chi connectivity index (χ1) is 13.6. The molecular weight excluding hydrogens is 374 g/mol. The number of amides is 1. The average Bonchev–Trinajstić information content (AvgIpc) is 2.71. The van der Waals surface area contributed by atoms with Gasteiger partial charge < -0.3 is 9.64 Å². The summed E-state index contributed by atoms with van der Waals surface area (Å²) in [5.74, 6) is 0.927. The van der Waals surface area contributed by atoms with Gasteiger partial charge in [-0.3, -0.25) is 9.69 Å². The van der Waals surface area contributed by atoms with Crippen molar-refractivity contribution >= 4 is 17.5 Å². The number of piperazine rings is 1. The number of nitrogens with zero attached hydrogens (tertiary/aromatic N) is 3. The fourth-order valence-corrected chi connectivity index (χ4v) is 3.63. The van der Waals surface area contributed by atoms with Gasteiger partial charge >= 0.3 is 0 Å². The molecule has 1 unspecified atom stereocenters. The first-order valence-electron chi connectivity index (χ1n) is 9.49. The van der Waals surface area contributed by atoms with Crippen LogP contribution in [0.4, 0.5) is 0 Å². The van der Waals surface area contributed by atoms with Crippen molar-refractivity contribution in [2.75, 3.05) is 32.8 Å². The molecule has 0 spiro atoms. The highest BCUT2D eigenvalue weighted by atomic mass is 35.5. The Labute approximate surface area is 171 Å². The molecule has 1 aliphatic heterocycles. The molecule has 0 aromatic heterocycles. The topological polar surface area (TPSA) is 56.6 Å². The first-order valence-corrected chi connectivity index (χ1v) is 9.87. The van der Waals surface area contributed by atoms with Crippen molar-refractivity contribution in [2.45, 2.75) is 19.4 Å². The predicted octanol–water partition coefficient (Wildman–Crippen LogP) is 3.69. The van der Waals surface area contributed by atoms with Crippen LogP contribution in [-0.2, 0) is 11.2 Å². The lowest BCUT2D eigenvalue weighted by Crippen LogP contribution is -2.49. The molecule has 1 atom stereocenters. The molecule has 5 nitrogen and oxygen atoms in total. The number of carbonyl (C=O) groups excluding carboxylic acids is 1. The van der Waals surface area contributed by atoms with Gasteiger partial charge in [-0.1, -0.05) is 35.9 Å². The lowest BCUT2D eigenvalue weighted by Gasteiger charge is -2.37. The SMILES string of the molecule is CCOc1ccc(CC(=O)N2CCN(C(C#N)c3cccc(Cl)c3)CC2)cc1. The highest BCUT2D eigenvalue weighted by molar-refractivity contribution is 6.30. The van der Waals surface area contributed by atoms with Crippen LogP contribution >= 0.6 is 11.6 Å². The van der Waals surface area contributed by atoms with Crippen molar-refractivity contribution in [3.63, 3.8) is 0 Å². The third-order valence-corrected chi connectivity index (χ3v) is 5.14. The molecule has 0 aliphatic carbocycles. The standard InChI is InChI=1S/C22H24ClN3O2/c1-2-28-20-8-6-17(7-9-20)14-22(27)26-12-10-25(11-13-26)21(16-24)18-4-3-5-19(23)15-18/h3-9,15,21H,2,10-14H2,1H3. The number of carbonyl (C=O) groups is 1. The highest BCUT2D eigenvalue weighted by Crippen LogP contribution is 2.24. The van der Waals surface area contributed by atoms with E-state index in [2.05, 4.69) is 11.0 Å². The maximum Gasteiger partial charge on any atom is 0.227 e. The van der Waals surface area contributed by atoms with E-state index in [1.165, 1.54) is 0 Å². The van der Waals surface area contributed by atoms with Gasteiger partial charge in [0.2, 0.25) is 5.91 Å². The zero-order valence-corrected chi connectivity index (χ0v) is 16.7. The maximum atomic E-state index is 12.6. The van der Waals surface area contributed by atoms with Crippen molar-refractivity contribution in [3.8, 4) is 11.8 Å². The van der Waals surface area contributed by atoms with Crippen molar-refractivity contribution in [3.05, 3.63) is 64.7 Å². The quantitative estimate of drug-likeness (QED) is 0.745. The number of rotatable bonds is 6. The Hall–Kier alpha value is -2.55. The molecule has 0 N–H and O–H groups in total. The Morgan fingerprint density at radius 2 is 1.89 bits per heavy atom. The van der Waals surface area contributed by atoms with Crippen LogP contribution in [0.5, 0.6) is 5.75 Å². The van der Waals surface area contributed by atoms with Gasteiger partial charge in [-0.15, -0.1) is 0 Å². The molecule has 1 fully saturated rings. The summed E-state index contributed by atoms with van der Waals surface area (Å²) in [6, 6.07) is 17.1. The van der Waals surface area contributed by atoms with Gasteiger partial charge in [-0.05, 0) is 42.3 Å². The van der Waals surface area contributed by atoms with Crippen LogP contribution in [0.1, 0.15) is 24.1 Å². The Bertz CT molecular complexity index is 840. The summed E-state index contributed by atoms with van der Waals surface area (Å²) in [5.41, 5.74) is 1.87. The van der Waals surface area contributed by atoms with Crippen LogP contribution in [0.2, 0.25) is 5.02 Å². The molecule has 1 aliphatic rings. The van der Waals surface area contributed by atoms with Crippen LogP contribution in [0.15, 0.2) is 48.5 Å². The second-order valence-electron chi connectivity index (χ2n) is 6.76. The van der Waals surface area contributed by atoms with Gasteiger partial charge in [-0.2, -0.15) is 5.26 Å². The molecule has 1 heterocycles.